The second-order valence-corrected chi connectivity index (χ2v) is 17.5. The van der Waals surface area contributed by atoms with Crippen LogP contribution in [0.4, 0.5) is 5.69 Å². The molecule has 51 heavy (non-hydrogen) atoms. The van der Waals surface area contributed by atoms with E-state index < -0.39 is 40.6 Å². The molecule has 5 atom stereocenters. The Bertz CT molecular complexity index is 1890. The summed E-state index contributed by atoms with van der Waals surface area (Å²) >= 11 is 0. The summed E-state index contributed by atoms with van der Waals surface area (Å²) in [6.45, 7) is 2.45. The van der Waals surface area contributed by atoms with Crippen molar-refractivity contribution < 1.29 is 39.5 Å². The molecule has 2 aliphatic carbocycles. The number of anilines is 1. The number of aliphatic hydroxyl groups excluding tert-OH is 2. The van der Waals surface area contributed by atoms with Gasteiger partial charge in [0.15, 0.2) is 5.96 Å². The molecule has 2 aliphatic heterocycles. The molecule has 1 aromatic heterocycles. The van der Waals surface area contributed by atoms with E-state index in [0.717, 1.165) is 31.2 Å². The van der Waals surface area contributed by atoms with Gasteiger partial charge in [-0.2, -0.15) is 0 Å². The van der Waals surface area contributed by atoms with E-state index in [-0.39, 0.29) is 71.4 Å². The van der Waals surface area contributed by atoms with Crippen LogP contribution in [-0.2, 0) is 12.0 Å². The Labute approximate surface area is 303 Å². The zero-order chi connectivity index (χ0) is 36.3. The number of ether oxygens (including phenoxy) is 2. The standard InChI is InChI=1S/C36H46N4O9S2/c1-34(2,44)24-13-22-29(48-24)26-23(14-41)51-50-17-35(16-42,39-33(37)38)15-36(45)12-11-21(18-7-9-19(40-46)10-8-18)25-28(43)27(31(26)49-32(25)36)30(22)47-20-5-3-4-6-20/h7-10,20-21,23-24,40-42,44-46H,3-6,11-17H2,1-2H3,(H4,37,38,39)/t21-,23-,24+,35-,36+/m0/s1. The van der Waals surface area contributed by atoms with Gasteiger partial charge in [0.2, 0.25) is 5.43 Å². The van der Waals surface area contributed by atoms with Crippen LogP contribution in [0.5, 0.6) is 11.5 Å². The SMILES string of the molecule is CC(C)(O)[C@H]1Cc2c(c3c4oc5c(c(=O)c4c2OC2CCCC2)[C@H](c2ccc(NO)cc2)CC[C@@]5(O)C[C@@](CO)(N=C(N)N)CSS[C@H]3CO)O1. The van der Waals surface area contributed by atoms with Crippen LogP contribution in [0.3, 0.4) is 0 Å². The molecule has 0 amide bonds. The molecule has 0 radical (unpaired) electrons. The maximum Gasteiger partial charge on any atom is 0.200 e. The van der Waals surface area contributed by atoms with E-state index in [9.17, 15) is 25.6 Å². The lowest BCUT2D eigenvalue weighted by Crippen LogP contribution is -2.47. The molecule has 15 heteroatoms. The molecule has 1 fully saturated rings. The number of fused-ring (bicyclic) bond motifs is 2. The lowest BCUT2D eigenvalue weighted by Gasteiger charge is -2.41. The molecular formula is C36H46N4O9S2. The highest BCUT2D eigenvalue weighted by Crippen LogP contribution is 2.57. The first-order valence-electron chi connectivity index (χ1n) is 17.4. The molecule has 0 spiro atoms. The number of hydrogen-bond donors (Lipinski definition) is 8. The quantitative estimate of drug-likeness (QED) is 0.0709. The van der Waals surface area contributed by atoms with E-state index in [1.165, 1.54) is 21.6 Å². The van der Waals surface area contributed by atoms with Gasteiger partial charge in [-0.05, 0) is 70.1 Å². The number of nitrogens with zero attached hydrogens (tertiary/aromatic N) is 1. The summed E-state index contributed by atoms with van der Waals surface area (Å²) < 4.78 is 20.2. The van der Waals surface area contributed by atoms with Crippen molar-refractivity contribution in [1.29, 1.82) is 0 Å². The van der Waals surface area contributed by atoms with Gasteiger partial charge in [-0.25, -0.2) is 4.99 Å². The van der Waals surface area contributed by atoms with E-state index >= 15 is 4.79 Å². The largest absolute Gasteiger partial charge is 0.489 e. The number of guanidine groups is 1. The fourth-order valence-electron chi connectivity index (χ4n) is 8.21. The lowest BCUT2D eigenvalue weighted by molar-refractivity contribution is -0.0360. The average Bonchev–Trinajstić information content (AvgIpc) is 3.78. The topological polar surface area (TPSA) is 226 Å². The van der Waals surface area contributed by atoms with Crippen LogP contribution >= 0.6 is 21.6 Å². The van der Waals surface area contributed by atoms with Crippen LogP contribution in [-0.4, -0.2) is 73.9 Å². The predicted octanol–water partition coefficient (Wildman–Crippen LogP) is 3.93. The summed E-state index contributed by atoms with van der Waals surface area (Å²) in [6.07, 6.45) is 3.39. The molecule has 13 nitrogen and oxygen atoms in total. The summed E-state index contributed by atoms with van der Waals surface area (Å²) in [7, 11) is 2.62. The second-order valence-electron chi connectivity index (χ2n) is 14.9. The molecule has 10 N–H and O–H groups in total. The number of aliphatic imine (C=N–C) groups is 1. The fourth-order valence-corrected chi connectivity index (χ4v) is 11.1. The first-order valence-corrected chi connectivity index (χ1v) is 19.8. The third-order valence-corrected chi connectivity index (χ3v) is 13.6. The van der Waals surface area contributed by atoms with Crippen molar-refractivity contribution in [1.82, 2.24) is 0 Å². The molecule has 2 bridgehead atoms. The molecule has 3 heterocycles. The van der Waals surface area contributed by atoms with E-state index in [2.05, 4.69) is 10.5 Å². The zero-order valence-electron chi connectivity index (χ0n) is 28.7. The first kappa shape index (κ1) is 36.2. The molecule has 3 aromatic rings. The summed E-state index contributed by atoms with van der Waals surface area (Å²) in [5, 5.41) is 54.7. The van der Waals surface area contributed by atoms with Gasteiger partial charge in [-0.15, -0.1) is 0 Å². The number of benzene rings is 2. The number of hydrogen-bond acceptors (Lipinski definition) is 13. The van der Waals surface area contributed by atoms with E-state index in [4.69, 9.17) is 25.4 Å². The Morgan fingerprint density at radius 1 is 1.14 bits per heavy atom. The summed E-state index contributed by atoms with van der Waals surface area (Å²) in [4.78, 5) is 19.9. The Kier molecular flexibility index (Phi) is 9.70. The minimum absolute atomic E-state index is 0.0304. The van der Waals surface area contributed by atoms with Gasteiger partial charge in [0.25, 0.3) is 0 Å². The Balaban J connectivity index is 1.58. The van der Waals surface area contributed by atoms with Crippen molar-refractivity contribution in [2.45, 2.75) is 105 Å². The highest BCUT2D eigenvalue weighted by atomic mass is 33.1. The molecule has 0 saturated heterocycles. The molecule has 1 saturated carbocycles. The fraction of sp³-hybridized carbons (Fsp3) is 0.556. The van der Waals surface area contributed by atoms with E-state index in [1.807, 2.05) is 12.1 Å². The third-order valence-electron chi connectivity index (χ3n) is 10.8. The van der Waals surface area contributed by atoms with Crippen molar-refractivity contribution in [2.24, 2.45) is 16.5 Å². The number of nitrogens with two attached hydrogens (primary N) is 2. The third kappa shape index (κ3) is 6.44. The van der Waals surface area contributed by atoms with Crippen LogP contribution in [0, 0.1) is 0 Å². The lowest BCUT2D eigenvalue weighted by atomic mass is 9.70. The summed E-state index contributed by atoms with van der Waals surface area (Å²) in [5.41, 5.74) is 11.8. The van der Waals surface area contributed by atoms with E-state index in [1.54, 1.807) is 26.0 Å². The number of aliphatic hydroxyl groups is 4. The maximum absolute atomic E-state index is 15.4. The van der Waals surface area contributed by atoms with Crippen LogP contribution in [0.25, 0.3) is 11.0 Å². The van der Waals surface area contributed by atoms with Gasteiger partial charge in [-0.3, -0.25) is 15.5 Å². The number of nitrogens with one attached hydrogen (secondary N) is 1. The average molecular weight is 743 g/mol. The van der Waals surface area contributed by atoms with Crippen LogP contribution in [0.2, 0.25) is 0 Å². The van der Waals surface area contributed by atoms with Crippen LogP contribution < -0.4 is 31.8 Å². The Morgan fingerprint density at radius 3 is 2.49 bits per heavy atom. The molecule has 276 valence electrons. The van der Waals surface area contributed by atoms with E-state index in [0.29, 0.717) is 34.7 Å². The maximum atomic E-state index is 15.4. The Morgan fingerprint density at radius 2 is 1.86 bits per heavy atom. The number of rotatable bonds is 8. The monoisotopic (exact) mass is 742 g/mol. The van der Waals surface area contributed by atoms with Crippen LogP contribution in [0.1, 0.15) is 98.0 Å². The second kappa shape index (κ2) is 13.7. The molecule has 0 unspecified atom stereocenters. The molecule has 7 rings (SSSR count). The van der Waals surface area contributed by atoms with Crippen LogP contribution in [0.15, 0.2) is 38.5 Å². The highest BCUT2D eigenvalue weighted by Gasteiger charge is 2.51. The first-order chi connectivity index (χ1) is 24.3. The molecule has 4 aliphatic rings. The van der Waals surface area contributed by atoms with Crippen molar-refractivity contribution in [3.05, 3.63) is 62.5 Å². The minimum atomic E-state index is -1.79. The van der Waals surface area contributed by atoms with Crippen molar-refractivity contribution in [2.75, 3.05) is 24.4 Å². The molecular weight excluding hydrogens is 697 g/mol. The van der Waals surface area contributed by atoms with Crippen molar-refractivity contribution >= 4 is 44.2 Å². The van der Waals surface area contributed by atoms with Gasteiger partial charge in [0, 0.05) is 35.6 Å². The van der Waals surface area contributed by atoms with Gasteiger partial charge in [0.1, 0.15) is 45.5 Å². The molecule has 2 aromatic carbocycles. The van der Waals surface area contributed by atoms with Gasteiger partial charge in [0.05, 0.1) is 41.4 Å². The zero-order valence-corrected chi connectivity index (χ0v) is 30.3. The predicted molar refractivity (Wildman–Crippen MR) is 197 cm³/mol. The van der Waals surface area contributed by atoms with Crippen molar-refractivity contribution in [3.8, 4) is 11.5 Å². The normalized spacial score (nSPS) is 27.9. The minimum Gasteiger partial charge on any atom is -0.489 e. The summed E-state index contributed by atoms with van der Waals surface area (Å²) in [5.74, 6) is 0.137. The summed E-state index contributed by atoms with van der Waals surface area (Å²) in [6, 6.07) is 7.02. The highest BCUT2D eigenvalue weighted by molar-refractivity contribution is 8.76. The van der Waals surface area contributed by atoms with Gasteiger partial charge in [-0.1, -0.05) is 33.7 Å². The van der Waals surface area contributed by atoms with Gasteiger partial charge < -0.3 is 45.8 Å². The smallest absolute Gasteiger partial charge is 0.200 e. The van der Waals surface area contributed by atoms with Crippen molar-refractivity contribution in [3.63, 3.8) is 0 Å². The van der Waals surface area contributed by atoms with Gasteiger partial charge >= 0.3 is 0 Å². The Hall–Kier alpha value is -3.18.